The Bertz CT molecular complexity index is 628. The highest BCUT2D eigenvalue weighted by atomic mass is 79.9. The Hall–Kier alpha value is -0.510. The van der Waals surface area contributed by atoms with Gasteiger partial charge in [-0.3, -0.25) is 0 Å². The molecule has 0 saturated carbocycles. The Morgan fingerprint density at radius 2 is 1.95 bits per heavy atom. The molecule has 2 aromatic carbocycles. The van der Waals surface area contributed by atoms with Gasteiger partial charge in [-0.25, -0.2) is 0 Å². The molecule has 112 valence electrons. The minimum absolute atomic E-state index is 0.198. The zero-order chi connectivity index (χ0) is 15.4. The quantitative estimate of drug-likeness (QED) is 0.482. The lowest BCUT2D eigenvalue weighted by Gasteiger charge is -2.15. The van der Waals surface area contributed by atoms with Gasteiger partial charge in [0, 0.05) is 4.47 Å². The van der Waals surface area contributed by atoms with Gasteiger partial charge < -0.3 is 4.74 Å². The molecule has 4 heteroatoms. The van der Waals surface area contributed by atoms with Gasteiger partial charge in [-0.1, -0.05) is 47.1 Å². The van der Waals surface area contributed by atoms with Gasteiger partial charge in [0.05, 0.1) is 16.5 Å². The average molecular weight is 433 g/mol. The molecule has 0 fully saturated rings. The van der Waals surface area contributed by atoms with Crippen molar-refractivity contribution in [2.75, 3.05) is 6.61 Å². The monoisotopic (exact) mass is 430 g/mol. The number of alkyl halides is 1. The molecule has 0 aliphatic rings. The molecule has 21 heavy (non-hydrogen) atoms. The van der Waals surface area contributed by atoms with E-state index in [0.29, 0.717) is 6.61 Å². The van der Waals surface area contributed by atoms with Gasteiger partial charge in [-0.15, -0.1) is 11.6 Å². The van der Waals surface area contributed by atoms with Gasteiger partial charge in [0.2, 0.25) is 0 Å². The van der Waals surface area contributed by atoms with Crippen LogP contribution in [0.4, 0.5) is 0 Å². The van der Waals surface area contributed by atoms with Crippen LogP contribution < -0.4 is 4.74 Å². The van der Waals surface area contributed by atoms with E-state index >= 15 is 0 Å². The Morgan fingerprint density at radius 1 is 1.19 bits per heavy atom. The zero-order valence-corrected chi connectivity index (χ0v) is 15.9. The topological polar surface area (TPSA) is 9.23 Å². The standard InChI is InChI=1S/C17H17Br2ClO/c1-3-9-21-15-8-7-12(10-14(15)18)17(20)13-6-4-5-11(2)16(13)19/h4-8,10,17H,3,9H2,1-2H3. The summed E-state index contributed by atoms with van der Waals surface area (Å²) in [6.45, 7) is 4.87. The maximum absolute atomic E-state index is 6.65. The summed E-state index contributed by atoms with van der Waals surface area (Å²) < 4.78 is 7.67. The van der Waals surface area contributed by atoms with Gasteiger partial charge in [-0.2, -0.15) is 0 Å². The van der Waals surface area contributed by atoms with Gasteiger partial charge in [0.25, 0.3) is 0 Å². The van der Waals surface area contributed by atoms with Gasteiger partial charge in [-0.05, 0) is 58.1 Å². The van der Waals surface area contributed by atoms with Crippen LogP contribution in [-0.2, 0) is 0 Å². The minimum Gasteiger partial charge on any atom is -0.492 e. The van der Waals surface area contributed by atoms with E-state index in [1.54, 1.807) is 0 Å². The minimum atomic E-state index is -0.198. The summed E-state index contributed by atoms with van der Waals surface area (Å²) in [5.41, 5.74) is 3.30. The molecule has 0 saturated heterocycles. The van der Waals surface area contributed by atoms with E-state index in [0.717, 1.165) is 32.2 Å². The maximum Gasteiger partial charge on any atom is 0.133 e. The molecule has 0 aromatic heterocycles. The fraction of sp³-hybridized carbons (Fsp3) is 0.294. The lowest BCUT2D eigenvalue weighted by molar-refractivity contribution is 0.315. The molecule has 0 aliphatic carbocycles. The van der Waals surface area contributed by atoms with Crippen molar-refractivity contribution >= 4 is 43.5 Å². The smallest absolute Gasteiger partial charge is 0.133 e. The number of halogens is 3. The third-order valence-electron chi connectivity index (χ3n) is 3.21. The molecule has 0 radical (unpaired) electrons. The highest BCUT2D eigenvalue weighted by molar-refractivity contribution is 9.10. The molecule has 0 bridgehead atoms. The normalized spacial score (nSPS) is 12.2. The fourth-order valence-electron chi connectivity index (χ4n) is 2.05. The van der Waals surface area contributed by atoms with E-state index in [4.69, 9.17) is 16.3 Å². The third kappa shape index (κ3) is 4.02. The molecule has 2 rings (SSSR count). The van der Waals surface area contributed by atoms with Gasteiger partial charge >= 0.3 is 0 Å². The van der Waals surface area contributed by atoms with Crippen LogP contribution in [0.15, 0.2) is 45.3 Å². The summed E-state index contributed by atoms with van der Waals surface area (Å²) in [4.78, 5) is 0. The Morgan fingerprint density at radius 3 is 2.62 bits per heavy atom. The molecule has 0 spiro atoms. The molecule has 0 amide bonds. The van der Waals surface area contributed by atoms with E-state index in [9.17, 15) is 0 Å². The van der Waals surface area contributed by atoms with Crippen molar-refractivity contribution in [3.63, 3.8) is 0 Å². The number of hydrogen-bond acceptors (Lipinski definition) is 1. The van der Waals surface area contributed by atoms with Crippen molar-refractivity contribution in [1.29, 1.82) is 0 Å². The van der Waals surface area contributed by atoms with E-state index < -0.39 is 0 Å². The molecule has 1 atom stereocenters. The van der Waals surface area contributed by atoms with Crippen LogP contribution >= 0.6 is 43.5 Å². The van der Waals surface area contributed by atoms with E-state index in [1.165, 1.54) is 5.56 Å². The van der Waals surface area contributed by atoms with Gasteiger partial charge in [0.1, 0.15) is 5.75 Å². The predicted molar refractivity (Wildman–Crippen MR) is 96.5 cm³/mol. The maximum atomic E-state index is 6.65. The van der Waals surface area contributed by atoms with Crippen molar-refractivity contribution in [3.8, 4) is 5.75 Å². The molecule has 0 aliphatic heterocycles. The van der Waals surface area contributed by atoms with Crippen LogP contribution in [0.2, 0.25) is 0 Å². The first-order chi connectivity index (χ1) is 10.0. The summed E-state index contributed by atoms with van der Waals surface area (Å²) in [5.74, 6) is 0.854. The molecule has 1 nitrogen and oxygen atoms in total. The van der Waals surface area contributed by atoms with E-state index in [1.807, 2.05) is 30.3 Å². The second-order valence-corrected chi connectivity index (χ2v) is 6.96. The number of benzene rings is 2. The van der Waals surface area contributed by atoms with Crippen molar-refractivity contribution in [1.82, 2.24) is 0 Å². The SMILES string of the molecule is CCCOc1ccc(C(Cl)c2cccc(C)c2Br)cc1Br. The first-order valence-electron chi connectivity index (χ1n) is 6.86. The number of rotatable bonds is 5. The molecule has 0 N–H and O–H groups in total. The van der Waals surface area contributed by atoms with Crippen LogP contribution in [0.25, 0.3) is 0 Å². The summed E-state index contributed by atoms with van der Waals surface area (Å²) >= 11 is 13.8. The van der Waals surface area contributed by atoms with Crippen molar-refractivity contribution in [2.45, 2.75) is 25.6 Å². The van der Waals surface area contributed by atoms with Crippen LogP contribution in [0.3, 0.4) is 0 Å². The van der Waals surface area contributed by atoms with Crippen LogP contribution in [0.1, 0.15) is 35.4 Å². The van der Waals surface area contributed by atoms with Crippen LogP contribution in [0, 0.1) is 6.92 Å². The number of ether oxygens (including phenoxy) is 1. The summed E-state index contributed by atoms with van der Waals surface area (Å²) in [5, 5.41) is -0.198. The largest absolute Gasteiger partial charge is 0.492 e. The summed E-state index contributed by atoms with van der Waals surface area (Å²) in [7, 11) is 0. The Labute approximate surface area is 147 Å². The van der Waals surface area contributed by atoms with E-state index in [-0.39, 0.29) is 5.38 Å². The lowest BCUT2D eigenvalue weighted by atomic mass is 10.0. The number of hydrogen-bond donors (Lipinski definition) is 0. The highest BCUT2D eigenvalue weighted by Gasteiger charge is 2.16. The Balaban J connectivity index is 2.29. The average Bonchev–Trinajstić information content (AvgIpc) is 2.48. The van der Waals surface area contributed by atoms with Crippen molar-refractivity contribution in [3.05, 3.63) is 62.0 Å². The van der Waals surface area contributed by atoms with E-state index in [2.05, 4.69) is 51.8 Å². The van der Waals surface area contributed by atoms with Crippen LogP contribution in [-0.4, -0.2) is 6.61 Å². The Kier molecular flexibility index (Phi) is 6.15. The molecule has 1 unspecified atom stereocenters. The van der Waals surface area contributed by atoms with Gasteiger partial charge in [0.15, 0.2) is 0 Å². The fourth-order valence-corrected chi connectivity index (χ4v) is 3.50. The molecular weight excluding hydrogens is 415 g/mol. The molecule has 2 aromatic rings. The summed E-state index contributed by atoms with van der Waals surface area (Å²) in [6, 6.07) is 12.1. The first-order valence-corrected chi connectivity index (χ1v) is 8.88. The number of aryl methyl sites for hydroxylation is 1. The second-order valence-electron chi connectivity index (χ2n) is 4.88. The summed E-state index contributed by atoms with van der Waals surface area (Å²) in [6.07, 6.45) is 0.989. The van der Waals surface area contributed by atoms with Crippen molar-refractivity contribution < 1.29 is 4.74 Å². The first kappa shape index (κ1) is 16.9. The molecule has 0 heterocycles. The second kappa shape index (κ2) is 7.66. The zero-order valence-electron chi connectivity index (χ0n) is 12.0. The van der Waals surface area contributed by atoms with Crippen LogP contribution in [0.5, 0.6) is 5.75 Å². The predicted octanol–water partition coefficient (Wildman–Crippen LogP) is 6.64. The highest BCUT2D eigenvalue weighted by Crippen LogP contribution is 2.38. The molecular formula is C17H17Br2ClO. The van der Waals surface area contributed by atoms with Crippen molar-refractivity contribution in [2.24, 2.45) is 0 Å². The third-order valence-corrected chi connectivity index (χ3v) is 5.40. The lowest BCUT2D eigenvalue weighted by Crippen LogP contribution is -1.99.